The van der Waals surface area contributed by atoms with Crippen LogP contribution in [0.4, 0.5) is 0 Å². The predicted molar refractivity (Wildman–Crippen MR) is 119 cm³/mol. The van der Waals surface area contributed by atoms with Crippen LogP contribution in [-0.2, 0) is 6.54 Å². The number of ether oxygens (including phenoxy) is 1. The van der Waals surface area contributed by atoms with Gasteiger partial charge in [-0.25, -0.2) is 0 Å². The van der Waals surface area contributed by atoms with Gasteiger partial charge in [-0.1, -0.05) is 42.0 Å². The van der Waals surface area contributed by atoms with Crippen molar-refractivity contribution >= 4 is 29.9 Å². The number of nitrogens with one attached hydrogen (secondary N) is 2. The molecule has 5 heteroatoms. The average molecular weight is 465 g/mol. The van der Waals surface area contributed by atoms with Crippen molar-refractivity contribution in [1.82, 2.24) is 10.6 Å². The van der Waals surface area contributed by atoms with Gasteiger partial charge in [0, 0.05) is 26.1 Å². The molecule has 1 heterocycles. The fourth-order valence-electron chi connectivity index (χ4n) is 3.29. The van der Waals surface area contributed by atoms with E-state index in [2.05, 4.69) is 65.9 Å². The fourth-order valence-corrected chi connectivity index (χ4v) is 3.29. The first-order chi connectivity index (χ1) is 12.2. The Labute approximate surface area is 173 Å². The summed E-state index contributed by atoms with van der Waals surface area (Å²) in [6.07, 6.45) is 1.03. The Morgan fingerprint density at radius 2 is 1.96 bits per heavy atom. The summed E-state index contributed by atoms with van der Waals surface area (Å²) in [5, 5.41) is 6.88. The Hall–Kier alpha value is -1.76. The highest BCUT2D eigenvalue weighted by molar-refractivity contribution is 14.0. The van der Waals surface area contributed by atoms with E-state index in [0.29, 0.717) is 5.92 Å². The van der Waals surface area contributed by atoms with Gasteiger partial charge in [-0.3, -0.25) is 4.99 Å². The van der Waals surface area contributed by atoms with Crippen LogP contribution >= 0.6 is 24.0 Å². The molecule has 2 aromatic carbocycles. The molecule has 1 atom stereocenters. The summed E-state index contributed by atoms with van der Waals surface area (Å²) in [5.74, 6) is 2.30. The molecule has 2 N–H and O–H groups in total. The van der Waals surface area contributed by atoms with Crippen LogP contribution in [0, 0.1) is 13.8 Å². The lowest BCUT2D eigenvalue weighted by Crippen LogP contribution is -2.39. The first-order valence-corrected chi connectivity index (χ1v) is 8.89. The molecule has 0 saturated carbocycles. The van der Waals surface area contributed by atoms with Crippen molar-refractivity contribution in [3.63, 3.8) is 0 Å². The van der Waals surface area contributed by atoms with E-state index in [0.717, 1.165) is 37.8 Å². The van der Waals surface area contributed by atoms with E-state index in [1.54, 1.807) is 0 Å². The van der Waals surface area contributed by atoms with Crippen molar-refractivity contribution in [1.29, 1.82) is 0 Å². The first-order valence-electron chi connectivity index (χ1n) is 8.89. The molecule has 0 saturated heterocycles. The Morgan fingerprint density at radius 3 is 2.73 bits per heavy atom. The summed E-state index contributed by atoms with van der Waals surface area (Å²) >= 11 is 0. The lowest BCUT2D eigenvalue weighted by Gasteiger charge is -2.26. The Balaban J connectivity index is 0.00000243. The number of nitrogens with zero attached hydrogens (tertiary/aromatic N) is 1. The molecule has 0 amide bonds. The van der Waals surface area contributed by atoms with Gasteiger partial charge in [-0.15, -0.1) is 24.0 Å². The van der Waals surface area contributed by atoms with Crippen LogP contribution in [0.2, 0.25) is 0 Å². The maximum atomic E-state index is 5.74. The monoisotopic (exact) mass is 465 g/mol. The lowest BCUT2D eigenvalue weighted by atomic mass is 9.93. The molecule has 0 bridgehead atoms. The van der Waals surface area contributed by atoms with Crippen LogP contribution in [0.3, 0.4) is 0 Å². The zero-order valence-corrected chi connectivity index (χ0v) is 18.0. The molecule has 0 aromatic heterocycles. The van der Waals surface area contributed by atoms with Gasteiger partial charge in [-0.2, -0.15) is 0 Å². The third kappa shape index (κ3) is 5.13. The molecule has 0 aliphatic carbocycles. The van der Waals surface area contributed by atoms with Crippen LogP contribution in [-0.4, -0.2) is 26.2 Å². The summed E-state index contributed by atoms with van der Waals surface area (Å²) in [6, 6.07) is 14.9. The highest BCUT2D eigenvalue weighted by Gasteiger charge is 2.21. The topological polar surface area (TPSA) is 45.7 Å². The standard InChI is InChI=1S/C21H27N3O.HI/c1-15-8-9-17(16(2)12-15)13-23-21(22-3)24-14-18-10-11-25-20-7-5-4-6-19(18)20;/h4-9,12,18H,10-11,13-14H2,1-3H3,(H2,22,23,24);1H. The lowest BCUT2D eigenvalue weighted by molar-refractivity contribution is 0.267. The van der Waals surface area contributed by atoms with Crippen molar-refractivity contribution in [2.75, 3.05) is 20.2 Å². The van der Waals surface area contributed by atoms with Crippen LogP contribution in [0.15, 0.2) is 47.5 Å². The van der Waals surface area contributed by atoms with E-state index in [1.807, 2.05) is 13.1 Å². The van der Waals surface area contributed by atoms with E-state index in [9.17, 15) is 0 Å². The van der Waals surface area contributed by atoms with Gasteiger partial charge in [-0.05, 0) is 43.0 Å². The fraction of sp³-hybridized carbons (Fsp3) is 0.381. The quantitative estimate of drug-likeness (QED) is 0.405. The highest BCUT2D eigenvalue weighted by atomic mass is 127. The largest absolute Gasteiger partial charge is 0.493 e. The van der Waals surface area contributed by atoms with Crippen LogP contribution in [0.5, 0.6) is 5.75 Å². The van der Waals surface area contributed by atoms with Gasteiger partial charge in [0.2, 0.25) is 0 Å². The van der Waals surface area contributed by atoms with Gasteiger partial charge in [0.25, 0.3) is 0 Å². The second kappa shape index (κ2) is 9.80. The normalized spacial score (nSPS) is 16.1. The number of benzene rings is 2. The van der Waals surface area contributed by atoms with Gasteiger partial charge >= 0.3 is 0 Å². The Morgan fingerprint density at radius 1 is 1.15 bits per heavy atom. The number of fused-ring (bicyclic) bond motifs is 1. The molecule has 2 aromatic rings. The van der Waals surface area contributed by atoms with Gasteiger partial charge in [0.15, 0.2) is 5.96 Å². The van der Waals surface area contributed by atoms with Crippen LogP contribution in [0.1, 0.15) is 34.6 Å². The maximum absolute atomic E-state index is 5.74. The minimum absolute atomic E-state index is 0. The molecule has 3 rings (SSSR count). The van der Waals surface area contributed by atoms with Gasteiger partial charge < -0.3 is 15.4 Å². The summed E-state index contributed by atoms with van der Waals surface area (Å²) < 4.78 is 5.74. The smallest absolute Gasteiger partial charge is 0.191 e. The third-order valence-corrected chi connectivity index (χ3v) is 4.77. The number of hydrogen-bond donors (Lipinski definition) is 2. The first kappa shape index (κ1) is 20.6. The number of hydrogen-bond acceptors (Lipinski definition) is 2. The second-order valence-corrected chi connectivity index (χ2v) is 6.61. The number of halogens is 1. The van der Waals surface area contributed by atoms with Crippen LogP contribution in [0.25, 0.3) is 0 Å². The molecular formula is C21H28IN3O. The molecule has 0 spiro atoms. The van der Waals surface area contributed by atoms with Crippen molar-refractivity contribution in [2.24, 2.45) is 4.99 Å². The molecule has 4 nitrogen and oxygen atoms in total. The maximum Gasteiger partial charge on any atom is 0.191 e. The Bertz CT molecular complexity index is 761. The molecule has 140 valence electrons. The van der Waals surface area contributed by atoms with Crippen molar-refractivity contribution < 1.29 is 4.74 Å². The van der Waals surface area contributed by atoms with E-state index in [4.69, 9.17) is 4.74 Å². The molecule has 26 heavy (non-hydrogen) atoms. The van der Waals surface area contributed by atoms with Crippen molar-refractivity contribution in [2.45, 2.75) is 32.7 Å². The number of aryl methyl sites for hydroxylation is 2. The molecular weight excluding hydrogens is 437 g/mol. The van der Waals surface area contributed by atoms with Crippen LogP contribution < -0.4 is 15.4 Å². The number of aliphatic imine (C=N–C) groups is 1. The zero-order valence-electron chi connectivity index (χ0n) is 15.7. The zero-order chi connectivity index (χ0) is 17.6. The van der Waals surface area contributed by atoms with Gasteiger partial charge in [0.1, 0.15) is 5.75 Å². The summed E-state index contributed by atoms with van der Waals surface area (Å²) in [5.41, 5.74) is 5.18. The van der Waals surface area contributed by atoms with Gasteiger partial charge in [0.05, 0.1) is 6.61 Å². The molecule has 0 fully saturated rings. The number of guanidine groups is 1. The average Bonchev–Trinajstić information content (AvgIpc) is 2.63. The van der Waals surface area contributed by atoms with E-state index in [1.165, 1.54) is 22.3 Å². The Kier molecular flexibility index (Phi) is 7.75. The summed E-state index contributed by atoms with van der Waals surface area (Å²) in [7, 11) is 1.81. The van der Waals surface area contributed by atoms with E-state index < -0.39 is 0 Å². The predicted octanol–water partition coefficient (Wildman–Crippen LogP) is 4.15. The van der Waals surface area contributed by atoms with Crippen molar-refractivity contribution in [3.8, 4) is 5.75 Å². The third-order valence-electron chi connectivity index (χ3n) is 4.77. The molecule has 1 unspecified atom stereocenters. The van der Waals surface area contributed by atoms with Crippen molar-refractivity contribution in [3.05, 3.63) is 64.7 Å². The van der Waals surface area contributed by atoms with E-state index >= 15 is 0 Å². The summed E-state index contributed by atoms with van der Waals surface area (Å²) in [4.78, 5) is 4.35. The second-order valence-electron chi connectivity index (χ2n) is 6.61. The highest BCUT2D eigenvalue weighted by Crippen LogP contribution is 2.32. The molecule has 1 aliphatic heterocycles. The minimum Gasteiger partial charge on any atom is -0.493 e. The number of rotatable bonds is 4. The summed E-state index contributed by atoms with van der Waals surface area (Å²) in [6.45, 7) is 6.68. The minimum atomic E-state index is 0. The molecule has 1 aliphatic rings. The molecule has 0 radical (unpaired) electrons. The number of para-hydroxylation sites is 1. The van der Waals surface area contributed by atoms with E-state index in [-0.39, 0.29) is 24.0 Å². The SMILES string of the molecule is CN=C(NCc1ccc(C)cc1C)NCC1CCOc2ccccc21.I.